The molecule has 0 atom stereocenters. The molecule has 3 aromatic rings. The number of hydrogen-bond acceptors (Lipinski definition) is 4. The van der Waals surface area contributed by atoms with Gasteiger partial charge in [-0.1, -0.05) is 12.1 Å². The van der Waals surface area contributed by atoms with Gasteiger partial charge in [-0.05, 0) is 31.2 Å². The number of anilines is 1. The highest BCUT2D eigenvalue weighted by Crippen LogP contribution is 2.12. The Morgan fingerprint density at radius 3 is 2.40 bits per heavy atom. The van der Waals surface area contributed by atoms with Crippen molar-refractivity contribution in [3.8, 4) is 0 Å². The zero-order valence-electron chi connectivity index (χ0n) is 15.9. The van der Waals surface area contributed by atoms with Gasteiger partial charge in [0.05, 0.1) is 17.4 Å². The minimum atomic E-state index is -1.12. The first-order chi connectivity index (χ1) is 14.3. The van der Waals surface area contributed by atoms with Crippen LogP contribution in [0.25, 0.3) is 10.9 Å². The minimum absolute atomic E-state index is 0.0328. The van der Waals surface area contributed by atoms with Gasteiger partial charge in [0.1, 0.15) is 6.54 Å². The number of nitrogens with one attached hydrogen (secondary N) is 2. The number of carbonyl (C=O) groups is 2. The second-order valence-corrected chi connectivity index (χ2v) is 6.39. The number of benzene rings is 2. The van der Waals surface area contributed by atoms with E-state index < -0.39 is 47.8 Å². The summed E-state index contributed by atoms with van der Waals surface area (Å²) in [6.45, 7) is 0.932. The third-order valence-corrected chi connectivity index (χ3v) is 4.40. The van der Waals surface area contributed by atoms with Gasteiger partial charge < -0.3 is 10.6 Å². The van der Waals surface area contributed by atoms with Crippen LogP contribution in [-0.2, 0) is 22.7 Å². The lowest BCUT2D eigenvalue weighted by Crippen LogP contribution is -2.43. The van der Waals surface area contributed by atoms with Crippen LogP contribution in [0, 0.1) is 11.6 Å². The quantitative estimate of drug-likeness (QED) is 0.631. The molecule has 10 heteroatoms. The van der Waals surface area contributed by atoms with Crippen LogP contribution in [0.4, 0.5) is 14.5 Å². The third-order valence-electron chi connectivity index (χ3n) is 4.40. The van der Waals surface area contributed by atoms with Crippen molar-refractivity contribution in [2.24, 2.45) is 0 Å². The molecule has 0 unspecified atom stereocenters. The van der Waals surface area contributed by atoms with E-state index in [1.807, 2.05) is 0 Å². The Bertz CT molecular complexity index is 1250. The van der Waals surface area contributed by atoms with Crippen molar-refractivity contribution >= 4 is 28.4 Å². The predicted molar refractivity (Wildman–Crippen MR) is 106 cm³/mol. The molecule has 156 valence electrons. The molecule has 8 nitrogen and oxygen atoms in total. The topological polar surface area (TPSA) is 102 Å². The first-order valence-electron chi connectivity index (χ1n) is 9.05. The number of rotatable bonds is 6. The summed E-state index contributed by atoms with van der Waals surface area (Å²) in [6.07, 6.45) is 0. The fourth-order valence-corrected chi connectivity index (χ4v) is 2.96. The minimum Gasteiger partial charge on any atom is -0.345 e. The summed E-state index contributed by atoms with van der Waals surface area (Å²) in [4.78, 5) is 49.2. The number of amides is 2. The molecular formula is C20H18F2N4O4. The lowest BCUT2D eigenvalue weighted by molar-refractivity contribution is -0.124. The Morgan fingerprint density at radius 1 is 0.967 bits per heavy atom. The summed E-state index contributed by atoms with van der Waals surface area (Å²) in [7, 11) is 0. The van der Waals surface area contributed by atoms with Crippen molar-refractivity contribution in [1.29, 1.82) is 0 Å². The molecule has 2 amide bonds. The van der Waals surface area contributed by atoms with Gasteiger partial charge in [0, 0.05) is 18.3 Å². The molecule has 0 saturated heterocycles. The van der Waals surface area contributed by atoms with Crippen LogP contribution in [-0.4, -0.2) is 27.5 Å². The molecule has 30 heavy (non-hydrogen) atoms. The van der Waals surface area contributed by atoms with Crippen molar-refractivity contribution in [3.05, 3.63) is 74.9 Å². The Kier molecular flexibility index (Phi) is 6.05. The second-order valence-electron chi connectivity index (χ2n) is 6.39. The Balaban J connectivity index is 1.73. The number of nitrogens with zero attached hydrogens (tertiary/aromatic N) is 2. The monoisotopic (exact) mass is 416 g/mol. The number of halogens is 2. The molecule has 2 aromatic carbocycles. The first kappa shape index (κ1) is 20.9. The third kappa shape index (κ3) is 4.27. The van der Waals surface area contributed by atoms with E-state index in [9.17, 15) is 28.0 Å². The number of hydrogen-bond donors (Lipinski definition) is 2. The zero-order chi connectivity index (χ0) is 21.8. The van der Waals surface area contributed by atoms with Crippen LogP contribution in [0.1, 0.15) is 6.92 Å². The van der Waals surface area contributed by atoms with Gasteiger partial charge in [0.2, 0.25) is 11.8 Å². The Hall–Kier alpha value is -3.82. The van der Waals surface area contributed by atoms with Crippen molar-refractivity contribution < 1.29 is 18.4 Å². The molecule has 2 N–H and O–H groups in total. The van der Waals surface area contributed by atoms with E-state index >= 15 is 0 Å². The fraction of sp³-hybridized carbons (Fsp3) is 0.200. The molecule has 1 heterocycles. The Labute approximate surface area is 168 Å². The average molecular weight is 416 g/mol. The summed E-state index contributed by atoms with van der Waals surface area (Å²) in [5, 5.41) is 4.97. The van der Waals surface area contributed by atoms with Gasteiger partial charge in [-0.15, -0.1) is 0 Å². The van der Waals surface area contributed by atoms with Crippen molar-refractivity contribution in [3.63, 3.8) is 0 Å². The number of aromatic nitrogens is 2. The molecule has 0 aliphatic rings. The normalized spacial score (nSPS) is 10.8. The van der Waals surface area contributed by atoms with Crippen LogP contribution < -0.4 is 21.9 Å². The summed E-state index contributed by atoms with van der Waals surface area (Å²) in [5.74, 6) is -3.46. The molecule has 0 bridgehead atoms. The van der Waals surface area contributed by atoms with Crippen molar-refractivity contribution in [2.45, 2.75) is 20.0 Å². The predicted octanol–water partition coefficient (Wildman–Crippen LogP) is 1.22. The summed E-state index contributed by atoms with van der Waals surface area (Å²) in [5.41, 5.74) is -0.743. The lowest BCUT2D eigenvalue weighted by Gasteiger charge is -2.13. The van der Waals surface area contributed by atoms with Crippen molar-refractivity contribution in [1.82, 2.24) is 14.5 Å². The highest BCUT2D eigenvalue weighted by atomic mass is 19.2. The van der Waals surface area contributed by atoms with E-state index in [1.54, 1.807) is 31.2 Å². The first-order valence-corrected chi connectivity index (χ1v) is 9.05. The molecule has 0 radical (unpaired) electrons. The maximum Gasteiger partial charge on any atom is 0.331 e. The average Bonchev–Trinajstić information content (AvgIpc) is 2.73. The van der Waals surface area contributed by atoms with Crippen molar-refractivity contribution in [2.75, 3.05) is 11.9 Å². The number of fused-ring (bicyclic) bond motifs is 1. The molecule has 0 spiro atoms. The van der Waals surface area contributed by atoms with E-state index in [-0.39, 0.29) is 12.2 Å². The molecule has 0 aliphatic heterocycles. The number of carbonyl (C=O) groups excluding carboxylic acids is 2. The summed E-state index contributed by atoms with van der Waals surface area (Å²) >= 11 is 0. The van der Waals surface area contributed by atoms with E-state index in [0.717, 1.165) is 21.3 Å². The van der Waals surface area contributed by atoms with E-state index in [1.165, 1.54) is 6.07 Å². The van der Waals surface area contributed by atoms with Gasteiger partial charge in [0.15, 0.2) is 11.6 Å². The highest BCUT2D eigenvalue weighted by molar-refractivity contribution is 5.94. The maximum atomic E-state index is 13.2. The second kappa shape index (κ2) is 8.68. The zero-order valence-corrected chi connectivity index (χ0v) is 15.9. The van der Waals surface area contributed by atoms with E-state index in [4.69, 9.17) is 0 Å². The number of para-hydroxylation sites is 1. The van der Waals surface area contributed by atoms with E-state index in [0.29, 0.717) is 10.9 Å². The summed E-state index contributed by atoms with van der Waals surface area (Å²) in [6, 6.07) is 9.27. The maximum absolute atomic E-state index is 13.2. The smallest absolute Gasteiger partial charge is 0.331 e. The van der Waals surface area contributed by atoms with Gasteiger partial charge >= 0.3 is 5.69 Å². The fourth-order valence-electron chi connectivity index (χ4n) is 2.96. The van der Waals surface area contributed by atoms with E-state index in [2.05, 4.69) is 10.6 Å². The molecule has 0 saturated carbocycles. The largest absolute Gasteiger partial charge is 0.345 e. The van der Waals surface area contributed by atoms with Crippen LogP contribution in [0.2, 0.25) is 0 Å². The lowest BCUT2D eigenvalue weighted by atomic mass is 10.2. The highest BCUT2D eigenvalue weighted by Gasteiger charge is 2.15. The van der Waals surface area contributed by atoms with Crippen LogP contribution in [0.15, 0.2) is 52.1 Å². The SMILES string of the molecule is CCn1c(=O)c2ccccc2n(CC(=O)NCC(=O)Nc2ccc(F)c(F)c2)c1=O. The molecule has 0 fully saturated rings. The molecule has 1 aromatic heterocycles. The Morgan fingerprint density at radius 2 is 1.70 bits per heavy atom. The van der Waals surface area contributed by atoms with Gasteiger partial charge in [-0.3, -0.25) is 23.5 Å². The van der Waals surface area contributed by atoms with Gasteiger partial charge in [-0.2, -0.15) is 0 Å². The van der Waals surface area contributed by atoms with Crippen LogP contribution in [0.3, 0.4) is 0 Å². The van der Waals surface area contributed by atoms with Gasteiger partial charge in [-0.25, -0.2) is 13.6 Å². The van der Waals surface area contributed by atoms with Crippen LogP contribution >= 0.6 is 0 Å². The van der Waals surface area contributed by atoms with Crippen LogP contribution in [0.5, 0.6) is 0 Å². The summed E-state index contributed by atoms with van der Waals surface area (Å²) < 4.78 is 28.3. The molecule has 0 aliphatic carbocycles. The van der Waals surface area contributed by atoms with Gasteiger partial charge in [0.25, 0.3) is 5.56 Å². The molecule has 3 rings (SSSR count). The standard InChI is InChI=1S/C20H18F2N4O4/c1-2-25-19(29)13-5-3-4-6-16(13)26(20(25)30)11-18(28)23-10-17(27)24-12-7-8-14(21)15(22)9-12/h3-9H,2,10-11H2,1H3,(H,23,28)(H,24,27). The molecular weight excluding hydrogens is 398 g/mol.